The molecule has 0 radical (unpaired) electrons. The zero-order valence-corrected chi connectivity index (χ0v) is 13.9. The number of amides is 2. The fraction of sp³-hybridized carbons (Fsp3) is 0.188. The maximum atomic E-state index is 12.3. The van der Waals surface area contributed by atoms with Crippen molar-refractivity contribution in [2.75, 3.05) is 14.1 Å². The number of carbonyl (C=O) groups excluding carboxylic acids is 2. The summed E-state index contributed by atoms with van der Waals surface area (Å²) in [5, 5.41) is 2.57. The summed E-state index contributed by atoms with van der Waals surface area (Å²) in [6.07, 6.45) is 3.17. The molecule has 22 heavy (non-hydrogen) atoms. The fourth-order valence-electron chi connectivity index (χ4n) is 2.00. The largest absolute Gasteiger partial charge is 0.355 e. The molecule has 0 spiro atoms. The van der Waals surface area contributed by atoms with Gasteiger partial charge in [0.05, 0.1) is 5.56 Å². The van der Waals surface area contributed by atoms with Gasteiger partial charge in [-0.25, -0.2) is 0 Å². The molecule has 0 bridgehead atoms. The number of hydrogen-bond donors (Lipinski definition) is 1. The molecule has 0 saturated heterocycles. The van der Waals surface area contributed by atoms with E-state index in [2.05, 4.69) is 26.2 Å². The molecule has 0 saturated carbocycles. The van der Waals surface area contributed by atoms with E-state index in [0.29, 0.717) is 17.7 Å². The van der Waals surface area contributed by atoms with Crippen LogP contribution in [0.15, 0.2) is 47.2 Å². The number of nitrogens with one attached hydrogen (secondary N) is 1. The summed E-state index contributed by atoms with van der Waals surface area (Å²) in [7, 11) is 3.32. The maximum Gasteiger partial charge on any atom is 0.255 e. The van der Waals surface area contributed by atoms with Crippen molar-refractivity contribution in [2.24, 2.45) is 0 Å². The molecule has 6 heteroatoms. The lowest BCUT2D eigenvalue weighted by molar-refractivity contribution is 0.0784. The topological polar surface area (TPSA) is 62.3 Å². The summed E-state index contributed by atoms with van der Waals surface area (Å²) in [4.78, 5) is 29.4. The van der Waals surface area contributed by atoms with Crippen molar-refractivity contribution in [1.82, 2.24) is 15.2 Å². The van der Waals surface area contributed by atoms with Crippen LogP contribution in [0, 0.1) is 0 Å². The number of pyridine rings is 1. The quantitative estimate of drug-likeness (QED) is 0.909. The number of carbonyl (C=O) groups is 2. The van der Waals surface area contributed by atoms with Crippen LogP contribution in [0.5, 0.6) is 0 Å². The van der Waals surface area contributed by atoms with Gasteiger partial charge in [0.25, 0.3) is 11.8 Å². The number of nitrogens with zero attached hydrogens (tertiary/aromatic N) is 2. The molecule has 0 atom stereocenters. The second kappa shape index (κ2) is 7.17. The smallest absolute Gasteiger partial charge is 0.255 e. The van der Waals surface area contributed by atoms with Crippen molar-refractivity contribution >= 4 is 27.7 Å². The van der Waals surface area contributed by atoms with Crippen LogP contribution >= 0.6 is 15.9 Å². The Kier molecular flexibility index (Phi) is 5.27. The van der Waals surface area contributed by atoms with Crippen LogP contribution in [0.1, 0.15) is 26.3 Å². The molecule has 2 amide bonds. The molecule has 114 valence electrons. The first-order valence-electron chi connectivity index (χ1n) is 6.68. The van der Waals surface area contributed by atoms with Gasteiger partial charge in [-0.05, 0) is 39.7 Å². The molecule has 2 rings (SSSR count). The summed E-state index contributed by atoms with van der Waals surface area (Å²) >= 11 is 3.30. The van der Waals surface area contributed by atoms with Crippen molar-refractivity contribution in [3.8, 4) is 0 Å². The normalized spacial score (nSPS) is 10.1. The average molecular weight is 362 g/mol. The molecule has 1 N–H and O–H groups in total. The number of rotatable bonds is 4. The Morgan fingerprint density at radius 1 is 1.18 bits per heavy atom. The predicted molar refractivity (Wildman–Crippen MR) is 87.6 cm³/mol. The van der Waals surface area contributed by atoms with Gasteiger partial charge in [0.1, 0.15) is 0 Å². The van der Waals surface area contributed by atoms with Crippen molar-refractivity contribution in [1.29, 1.82) is 0 Å². The lowest BCUT2D eigenvalue weighted by Gasteiger charge is -2.17. The zero-order valence-electron chi connectivity index (χ0n) is 12.3. The van der Waals surface area contributed by atoms with E-state index >= 15 is 0 Å². The molecule has 0 aliphatic rings. The maximum absolute atomic E-state index is 12.3. The van der Waals surface area contributed by atoms with Gasteiger partial charge in [0.15, 0.2) is 0 Å². The van der Waals surface area contributed by atoms with Crippen LogP contribution < -0.4 is 5.32 Å². The highest BCUT2D eigenvalue weighted by Crippen LogP contribution is 2.13. The van der Waals surface area contributed by atoms with E-state index < -0.39 is 0 Å². The van der Waals surface area contributed by atoms with E-state index in [4.69, 9.17) is 0 Å². The fourth-order valence-corrected chi connectivity index (χ4v) is 2.37. The first kappa shape index (κ1) is 16.2. The average Bonchev–Trinajstić information content (AvgIpc) is 2.54. The Morgan fingerprint density at radius 3 is 2.45 bits per heavy atom. The molecule has 1 heterocycles. The van der Waals surface area contributed by atoms with Gasteiger partial charge < -0.3 is 10.2 Å². The van der Waals surface area contributed by atoms with Gasteiger partial charge >= 0.3 is 0 Å². The van der Waals surface area contributed by atoms with E-state index in [9.17, 15) is 9.59 Å². The Balaban J connectivity index is 2.06. The summed E-state index contributed by atoms with van der Waals surface area (Å²) in [5.41, 5.74) is 2.07. The Bertz CT molecular complexity index is 686. The molecule has 2 aromatic rings. The first-order valence-corrected chi connectivity index (χ1v) is 7.47. The molecular formula is C16H16BrN3O2. The van der Waals surface area contributed by atoms with Crippen molar-refractivity contribution < 1.29 is 9.59 Å². The summed E-state index contributed by atoms with van der Waals surface area (Å²) in [6.45, 7) is 0.458. The standard InChI is InChI=1S/C16H16BrN3O2/c1-18-15(21)12-5-3-11(4-6-12)10-20(2)16(22)13-7-14(17)9-19-8-13/h3-9H,10H2,1-2H3,(H,18,21). The van der Waals surface area contributed by atoms with Gasteiger partial charge in [-0.3, -0.25) is 14.6 Å². The summed E-state index contributed by atoms with van der Waals surface area (Å²) < 4.78 is 0.765. The van der Waals surface area contributed by atoms with Crippen LogP contribution in [0.25, 0.3) is 0 Å². The molecule has 1 aromatic carbocycles. The minimum absolute atomic E-state index is 0.107. The van der Waals surface area contributed by atoms with E-state index in [1.807, 2.05) is 12.1 Å². The van der Waals surface area contributed by atoms with Crippen molar-refractivity contribution in [3.63, 3.8) is 0 Å². The third kappa shape index (κ3) is 3.92. The summed E-state index contributed by atoms with van der Waals surface area (Å²) in [5.74, 6) is -0.236. The van der Waals surface area contributed by atoms with Crippen LogP contribution in [-0.4, -0.2) is 35.8 Å². The van der Waals surface area contributed by atoms with Gasteiger partial charge in [0, 0.05) is 43.1 Å². The lowest BCUT2D eigenvalue weighted by atomic mass is 10.1. The summed E-state index contributed by atoms with van der Waals surface area (Å²) in [6, 6.07) is 8.90. The van der Waals surface area contributed by atoms with E-state index in [0.717, 1.165) is 10.0 Å². The predicted octanol–water partition coefficient (Wildman–Crippen LogP) is 2.48. The third-order valence-corrected chi connectivity index (χ3v) is 3.60. The number of aromatic nitrogens is 1. The highest BCUT2D eigenvalue weighted by Gasteiger charge is 2.13. The Labute approximate surface area is 137 Å². The van der Waals surface area contributed by atoms with Crippen LogP contribution in [-0.2, 0) is 6.54 Å². The van der Waals surface area contributed by atoms with Crippen molar-refractivity contribution in [2.45, 2.75) is 6.54 Å². The first-order chi connectivity index (χ1) is 10.5. The van der Waals surface area contributed by atoms with Gasteiger partial charge in [-0.15, -0.1) is 0 Å². The monoisotopic (exact) mass is 361 g/mol. The molecule has 0 unspecified atom stereocenters. The minimum Gasteiger partial charge on any atom is -0.355 e. The zero-order chi connectivity index (χ0) is 16.1. The van der Waals surface area contributed by atoms with Crippen molar-refractivity contribution in [3.05, 3.63) is 63.9 Å². The van der Waals surface area contributed by atoms with Crippen LogP contribution in [0.2, 0.25) is 0 Å². The van der Waals surface area contributed by atoms with Gasteiger partial charge in [-0.1, -0.05) is 12.1 Å². The number of benzene rings is 1. The van der Waals surface area contributed by atoms with E-state index in [1.165, 1.54) is 6.20 Å². The second-order valence-corrected chi connectivity index (χ2v) is 5.74. The van der Waals surface area contributed by atoms with E-state index in [1.54, 1.807) is 43.4 Å². The van der Waals surface area contributed by atoms with E-state index in [-0.39, 0.29) is 11.8 Å². The minimum atomic E-state index is -0.129. The Hall–Kier alpha value is -2.21. The number of halogens is 1. The molecule has 0 aliphatic heterocycles. The molecule has 0 fully saturated rings. The molecule has 5 nitrogen and oxygen atoms in total. The molecule has 1 aromatic heterocycles. The lowest BCUT2D eigenvalue weighted by Crippen LogP contribution is -2.26. The number of hydrogen-bond acceptors (Lipinski definition) is 3. The SMILES string of the molecule is CNC(=O)c1ccc(CN(C)C(=O)c2cncc(Br)c2)cc1. The third-order valence-electron chi connectivity index (χ3n) is 3.16. The van der Waals surface area contributed by atoms with Crippen LogP contribution in [0.3, 0.4) is 0 Å². The molecule has 0 aliphatic carbocycles. The second-order valence-electron chi connectivity index (χ2n) is 4.83. The van der Waals surface area contributed by atoms with Crippen LogP contribution in [0.4, 0.5) is 0 Å². The Morgan fingerprint density at radius 2 is 1.86 bits per heavy atom. The molecular weight excluding hydrogens is 346 g/mol. The highest BCUT2D eigenvalue weighted by atomic mass is 79.9. The van der Waals surface area contributed by atoms with Gasteiger partial charge in [-0.2, -0.15) is 0 Å². The highest BCUT2D eigenvalue weighted by molar-refractivity contribution is 9.10. The van der Waals surface area contributed by atoms with Gasteiger partial charge in [0.2, 0.25) is 0 Å².